The molecule has 0 fully saturated rings. The van der Waals surface area contributed by atoms with Crippen LogP contribution < -0.4 is 5.11 Å². The molecule has 7 nitrogen and oxygen atoms in total. The monoisotopic (exact) mass is 429 g/mol. The lowest BCUT2D eigenvalue weighted by Crippen LogP contribution is -2.49. The Kier molecular flexibility index (Phi) is 20.8. The number of hydrogen-bond acceptors (Lipinski definition) is 4. The van der Waals surface area contributed by atoms with Crippen molar-refractivity contribution < 1.29 is 24.0 Å². The fraction of sp³-hybridized carbons (Fsp3) is 0.870. The lowest BCUT2D eigenvalue weighted by molar-refractivity contribution is -0.538. The Balaban J connectivity index is 0. The molecule has 0 radical (unpaired) electrons. The summed E-state index contributed by atoms with van der Waals surface area (Å²) in [7, 11) is 3.24. The second-order valence-electron chi connectivity index (χ2n) is 7.48. The summed E-state index contributed by atoms with van der Waals surface area (Å²) >= 11 is 0. The third-order valence-corrected chi connectivity index (χ3v) is 4.86. The van der Waals surface area contributed by atoms with Crippen LogP contribution in [-0.2, 0) is 14.3 Å². The Bertz CT molecular complexity index is 463. The van der Waals surface area contributed by atoms with Crippen molar-refractivity contribution in [2.24, 2.45) is 0 Å². The van der Waals surface area contributed by atoms with Crippen LogP contribution in [0.2, 0.25) is 0 Å². The van der Waals surface area contributed by atoms with E-state index in [9.17, 15) is 14.7 Å². The second-order valence-corrected chi connectivity index (χ2v) is 7.48. The van der Waals surface area contributed by atoms with Crippen LogP contribution in [0.15, 0.2) is 0 Å². The molecule has 0 aliphatic heterocycles. The molecule has 0 rings (SSSR count). The third kappa shape index (κ3) is 14.2. The van der Waals surface area contributed by atoms with Gasteiger partial charge in [-0.1, -0.05) is 53.4 Å². The van der Waals surface area contributed by atoms with Crippen molar-refractivity contribution >= 4 is 17.9 Å². The molecule has 0 saturated heterocycles. The summed E-state index contributed by atoms with van der Waals surface area (Å²) < 4.78 is 6.38. The van der Waals surface area contributed by atoms with E-state index in [-0.39, 0.29) is 0 Å². The number of hydrogen-bond donors (Lipinski definition) is 0. The van der Waals surface area contributed by atoms with E-state index >= 15 is 0 Å². The van der Waals surface area contributed by atoms with Crippen LogP contribution in [0.5, 0.6) is 0 Å². The highest BCUT2D eigenvalue weighted by Crippen LogP contribution is 2.06. The molecule has 0 aromatic rings. The molecule has 0 amide bonds. The molecule has 0 aromatic carbocycles. The average Bonchev–Trinajstić information content (AvgIpc) is 2.75. The molecular formula is C23H47N3O4. The molecular weight excluding hydrogens is 382 g/mol. The lowest BCUT2D eigenvalue weighted by atomic mass is 10.2. The number of carboxylic acids is 1. The molecule has 0 heterocycles. The Hall–Kier alpha value is -1.79. The summed E-state index contributed by atoms with van der Waals surface area (Å²) in [6, 6.07) is 0. The molecule has 7 heteroatoms. The van der Waals surface area contributed by atoms with Crippen LogP contribution in [0.25, 0.3) is 0 Å². The van der Waals surface area contributed by atoms with Crippen LogP contribution in [0.3, 0.4) is 0 Å². The predicted molar refractivity (Wildman–Crippen MR) is 122 cm³/mol. The number of carboxylic acid groups (broad SMARTS) is 1. The number of esters is 1. The number of carbonyl (C=O) groups is 2. The number of carbonyl (C=O) groups excluding carboxylic acids is 2. The minimum absolute atomic E-state index is 0.970. The Morgan fingerprint density at radius 1 is 0.833 bits per heavy atom. The first kappa shape index (κ1) is 30.4. The van der Waals surface area contributed by atoms with Crippen molar-refractivity contribution in [2.45, 2.75) is 86.0 Å². The smallest absolute Gasteiger partial charge is 0.353 e. The number of ether oxygens (including phenoxy) is 1. The van der Waals surface area contributed by atoms with E-state index in [0.29, 0.717) is 0 Å². The van der Waals surface area contributed by atoms with Gasteiger partial charge < -0.3 is 14.6 Å². The van der Waals surface area contributed by atoms with Crippen LogP contribution in [0, 0.1) is 0 Å². The molecule has 0 spiro atoms. The van der Waals surface area contributed by atoms with Crippen molar-refractivity contribution in [1.82, 2.24) is 9.80 Å². The van der Waals surface area contributed by atoms with Gasteiger partial charge in [-0.15, -0.1) is 0 Å². The molecule has 0 atom stereocenters. The van der Waals surface area contributed by atoms with E-state index < -0.39 is 11.9 Å². The summed E-state index contributed by atoms with van der Waals surface area (Å²) in [6.45, 7) is 17.3. The van der Waals surface area contributed by atoms with E-state index in [0.717, 1.165) is 13.7 Å². The van der Waals surface area contributed by atoms with E-state index in [1.165, 1.54) is 83.5 Å². The van der Waals surface area contributed by atoms with Crippen molar-refractivity contribution in [1.29, 1.82) is 0 Å². The zero-order chi connectivity index (χ0) is 23.4. The first-order valence-corrected chi connectivity index (χ1v) is 11.7. The highest BCUT2D eigenvalue weighted by Gasteiger charge is 2.25. The van der Waals surface area contributed by atoms with Crippen LogP contribution in [-0.4, -0.2) is 79.2 Å². The summed E-state index contributed by atoms with van der Waals surface area (Å²) in [5, 5.41) is 9.34. The maximum Gasteiger partial charge on any atom is 0.353 e. The zero-order valence-corrected chi connectivity index (χ0v) is 20.7. The highest BCUT2D eigenvalue weighted by molar-refractivity contribution is 6.27. The van der Waals surface area contributed by atoms with Gasteiger partial charge in [0.1, 0.15) is 0 Å². The zero-order valence-electron chi connectivity index (χ0n) is 20.7. The number of guanidine groups is 1. The molecule has 0 unspecified atom stereocenters. The topological polar surface area (TPSA) is 75.9 Å². The number of rotatable bonds is 13. The predicted octanol–water partition coefficient (Wildman–Crippen LogP) is 2.72. The molecule has 0 bridgehead atoms. The Labute approximate surface area is 185 Å². The van der Waals surface area contributed by atoms with E-state index in [1.807, 2.05) is 0 Å². The van der Waals surface area contributed by atoms with Crippen molar-refractivity contribution in [3.63, 3.8) is 0 Å². The molecule has 0 aliphatic carbocycles. The van der Waals surface area contributed by atoms with Gasteiger partial charge >= 0.3 is 11.9 Å². The standard InChI is InChI=1S/C20H44N3.C3H4O4/c1-7-12-16-22(17-13-8-2)20(21(6)11-5)23(18-14-9-3)19-15-10-4;1-7-3(6)2(4)5/h7-19H2,1-6H3;1H3,(H,4,5)/q+1;/p-1. The van der Waals surface area contributed by atoms with Gasteiger partial charge in [0, 0.05) is 0 Å². The molecule has 0 aromatic heterocycles. The quantitative estimate of drug-likeness (QED) is 0.147. The van der Waals surface area contributed by atoms with Gasteiger partial charge in [-0.25, -0.2) is 4.79 Å². The Morgan fingerprint density at radius 2 is 1.27 bits per heavy atom. The van der Waals surface area contributed by atoms with Gasteiger partial charge in [-0.05, 0) is 32.6 Å². The van der Waals surface area contributed by atoms with Gasteiger partial charge in [-0.3, -0.25) is 14.4 Å². The second kappa shape index (κ2) is 20.5. The van der Waals surface area contributed by atoms with Gasteiger partial charge in [0.05, 0.1) is 46.9 Å². The molecule has 0 N–H and O–H groups in total. The summed E-state index contributed by atoms with van der Waals surface area (Å²) in [4.78, 5) is 24.1. The maximum absolute atomic E-state index is 9.63. The van der Waals surface area contributed by atoms with E-state index in [2.05, 4.69) is 60.8 Å². The number of aliphatic carboxylic acids is 1. The average molecular weight is 430 g/mol. The summed E-state index contributed by atoms with van der Waals surface area (Å²) in [6.07, 6.45) is 10.3. The fourth-order valence-corrected chi connectivity index (χ4v) is 2.93. The third-order valence-electron chi connectivity index (χ3n) is 4.86. The maximum atomic E-state index is 9.63. The van der Waals surface area contributed by atoms with E-state index in [1.54, 1.807) is 0 Å². The molecule has 0 saturated carbocycles. The first-order chi connectivity index (χ1) is 14.3. The van der Waals surface area contributed by atoms with Gasteiger partial charge in [0.25, 0.3) is 0 Å². The van der Waals surface area contributed by atoms with Gasteiger partial charge in [-0.2, -0.15) is 0 Å². The van der Waals surface area contributed by atoms with Crippen molar-refractivity contribution in [3.8, 4) is 0 Å². The minimum atomic E-state index is -1.82. The highest BCUT2D eigenvalue weighted by atomic mass is 16.5. The summed E-state index contributed by atoms with van der Waals surface area (Å²) in [5.74, 6) is -1.68. The van der Waals surface area contributed by atoms with Gasteiger partial charge in [0.2, 0.25) is 0 Å². The number of unbranched alkanes of at least 4 members (excludes halogenated alkanes) is 4. The first-order valence-electron chi connectivity index (χ1n) is 11.7. The molecule has 0 aliphatic rings. The number of nitrogens with zero attached hydrogens (tertiary/aromatic N) is 3. The summed E-state index contributed by atoms with van der Waals surface area (Å²) in [5.41, 5.74) is 0. The molecule has 178 valence electrons. The largest absolute Gasteiger partial charge is 0.539 e. The fourth-order valence-electron chi connectivity index (χ4n) is 2.93. The normalized spacial score (nSPS) is 9.97. The molecule has 30 heavy (non-hydrogen) atoms. The lowest BCUT2D eigenvalue weighted by Gasteiger charge is -2.28. The van der Waals surface area contributed by atoms with Crippen LogP contribution in [0.1, 0.15) is 86.0 Å². The van der Waals surface area contributed by atoms with Crippen LogP contribution in [0.4, 0.5) is 0 Å². The van der Waals surface area contributed by atoms with E-state index in [4.69, 9.17) is 0 Å². The van der Waals surface area contributed by atoms with Crippen molar-refractivity contribution in [2.75, 3.05) is 46.9 Å². The minimum Gasteiger partial charge on any atom is -0.539 e. The Morgan fingerprint density at radius 3 is 1.53 bits per heavy atom. The van der Waals surface area contributed by atoms with Crippen molar-refractivity contribution in [3.05, 3.63) is 0 Å². The number of methoxy groups -OCH3 is 1. The SMILES string of the molecule is CCCCN(CCCC)C(N(C)CC)=[N+](CCCC)CCCC.COC(=O)C(=O)[O-]. The van der Waals surface area contributed by atoms with Gasteiger partial charge in [0.15, 0.2) is 5.97 Å². The van der Waals surface area contributed by atoms with Crippen LogP contribution >= 0.6 is 0 Å².